The Morgan fingerprint density at radius 1 is 1.60 bits per heavy atom. The summed E-state index contributed by atoms with van der Waals surface area (Å²) >= 11 is 0. The molecule has 0 spiro atoms. The summed E-state index contributed by atoms with van der Waals surface area (Å²) < 4.78 is 5.23. The number of amides is 1. The standard InChI is InChI=1S/C11H22N2O2/c1-3-9(2)13-11(14)4-6-12-10-5-7-15-8-10/h9-10,12H,3-8H2,1-2H3,(H,13,14). The Kier molecular flexibility index (Phi) is 5.65. The number of rotatable bonds is 6. The van der Waals surface area contributed by atoms with E-state index < -0.39 is 0 Å². The molecule has 0 radical (unpaired) electrons. The van der Waals surface area contributed by atoms with E-state index in [9.17, 15) is 4.79 Å². The van der Waals surface area contributed by atoms with Crippen LogP contribution >= 0.6 is 0 Å². The summed E-state index contributed by atoms with van der Waals surface area (Å²) in [6.45, 7) is 6.47. The van der Waals surface area contributed by atoms with Crippen LogP contribution in [0.25, 0.3) is 0 Å². The van der Waals surface area contributed by atoms with Crippen LogP contribution in [0.2, 0.25) is 0 Å². The molecule has 0 saturated carbocycles. The molecule has 1 rings (SSSR count). The molecule has 1 aliphatic rings. The molecule has 0 aromatic heterocycles. The van der Waals surface area contributed by atoms with Gasteiger partial charge in [-0.2, -0.15) is 0 Å². The maximum Gasteiger partial charge on any atom is 0.221 e. The van der Waals surface area contributed by atoms with Crippen molar-refractivity contribution in [2.75, 3.05) is 19.8 Å². The van der Waals surface area contributed by atoms with Crippen LogP contribution < -0.4 is 10.6 Å². The summed E-state index contributed by atoms with van der Waals surface area (Å²) in [6, 6.07) is 0.730. The molecule has 2 unspecified atom stereocenters. The van der Waals surface area contributed by atoms with E-state index in [1.54, 1.807) is 0 Å². The predicted octanol–water partition coefficient (Wildman–Crippen LogP) is 0.670. The van der Waals surface area contributed by atoms with Crippen molar-refractivity contribution in [3.8, 4) is 0 Å². The van der Waals surface area contributed by atoms with Crippen molar-refractivity contribution < 1.29 is 9.53 Å². The van der Waals surface area contributed by atoms with Gasteiger partial charge in [-0.3, -0.25) is 4.79 Å². The van der Waals surface area contributed by atoms with Crippen LogP contribution in [-0.2, 0) is 9.53 Å². The maximum atomic E-state index is 11.4. The van der Waals surface area contributed by atoms with Crippen molar-refractivity contribution in [1.29, 1.82) is 0 Å². The van der Waals surface area contributed by atoms with Crippen LogP contribution in [0.15, 0.2) is 0 Å². The minimum Gasteiger partial charge on any atom is -0.380 e. The fraction of sp³-hybridized carbons (Fsp3) is 0.909. The normalized spacial score (nSPS) is 22.7. The Morgan fingerprint density at radius 3 is 3.00 bits per heavy atom. The molecule has 0 bridgehead atoms. The van der Waals surface area contributed by atoms with Crippen LogP contribution in [0.4, 0.5) is 0 Å². The number of nitrogens with one attached hydrogen (secondary N) is 2. The van der Waals surface area contributed by atoms with Crippen LogP contribution in [0.1, 0.15) is 33.1 Å². The average Bonchev–Trinajstić information content (AvgIpc) is 2.70. The lowest BCUT2D eigenvalue weighted by atomic mass is 10.2. The highest BCUT2D eigenvalue weighted by Crippen LogP contribution is 2.02. The summed E-state index contributed by atoms with van der Waals surface area (Å²) in [5.74, 6) is 0.135. The summed E-state index contributed by atoms with van der Waals surface area (Å²) in [6.07, 6.45) is 2.60. The van der Waals surface area contributed by atoms with Crippen molar-refractivity contribution in [3.05, 3.63) is 0 Å². The zero-order valence-electron chi connectivity index (χ0n) is 9.71. The van der Waals surface area contributed by atoms with Crippen LogP contribution in [0.3, 0.4) is 0 Å². The van der Waals surface area contributed by atoms with Gasteiger partial charge in [-0.15, -0.1) is 0 Å². The third kappa shape index (κ3) is 5.14. The molecule has 0 aromatic carbocycles. The first-order chi connectivity index (χ1) is 7.22. The van der Waals surface area contributed by atoms with Crippen LogP contribution in [-0.4, -0.2) is 37.7 Å². The lowest BCUT2D eigenvalue weighted by molar-refractivity contribution is -0.121. The molecule has 4 nitrogen and oxygen atoms in total. The number of ether oxygens (including phenoxy) is 1. The van der Waals surface area contributed by atoms with E-state index in [1.807, 2.05) is 6.92 Å². The maximum absolute atomic E-state index is 11.4. The average molecular weight is 214 g/mol. The fourth-order valence-electron chi connectivity index (χ4n) is 1.53. The summed E-state index contributed by atoms with van der Waals surface area (Å²) in [7, 11) is 0. The molecule has 1 fully saturated rings. The second-order valence-electron chi connectivity index (χ2n) is 4.14. The Morgan fingerprint density at radius 2 is 2.40 bits per heavy atom. The lowest BCUT2D eigenvalue weighted by Gasteiger charge is -2.13. The molecule has 2 N–H and O–H groups in total. The van der Waals surface area contributed by atoms with E-state index in [1.165, 1.54) is 0 Å². The number of carbonyl (C=O) groups is 1. The van der Waals surface area contributed by atoms with Gasteiger partial charge in [0.05, 0.1) is 6.61 Å². The van der Waals surface area contributed by atoms with Crippen molar-refractivity contribution in [2.24, 2.45) is 0 Å². The highest BCUT2D eigenvalue weighted by Gasteiger charge is 2.14. The molecule has 4 heteroatoms. The Bertz CT molecular complexity index is 191. The second kappa shape index (κ2) is 6.80. The van der Waals surface area contributed by atoms with Crippen LogP contribution in [0, 0.1) is 0 Å². The van der Waals surface area contributed by atoms with Gasteiger partial charge in [0.1, 0.15) is 0 Å². The van der Waals surface area contributed by atoms with Gasteiger partial charge in [0.2, 0.25) is 5.91 Å². The molecule has 1 aliphatic heterocycles. The Balaban J connectivity index is 2.01. The van der Waals surface area contributed by atoms with Crippen molar-refractivity contribution in [2.45, 2.75) is 45.2 Å². The summed E-state index contributed by atoms with van der Waals surface area (Å²) in [5, 5.41) is 6.26. The first kappa shape index (κ1) is 12.5. The Labute approximate surface area is 91.8 Å². The molecule has 1 heterocycles. The smallest absolute Gasteiger partial charge is 0.221 e. The minimum absolute atomic E-state index is 0.135. The third-order valence-corrected chi connectivity index (χ3v) is 2.73. The van der Waals surface area contributed by atoms with E-state index in [0.717, 1.165) is 32.6 Å². The fourth-order valence-corrected chi connectivity index (χ4v) is 1.53. The molecule has 0 aliphatic carbocycles. The predicted molar refractivity (Wildman–Crippen MR) is 59.7 cm³/mol. The van der Waals surface area contributed by atoms with Gasteiger partial charge in [-0.25, -0.2) is 0 Å². The van der Waals surface area contributed by atoms with Gasteiger partial charge < -0.3 is 15.4 Å². The molecule has 1 amide bonds. The zero-order chi connectivity index (χ0) is 11.1. The first-order valence-corrected chi connectivity index (χ1v) is 5.83. The van der Waals surface area contributed by atoms with Gasteiger partial charge in [0.15, 0.2) is 0 Å². The van der Waals surface area contributed by atoms with E-state index in [0.29, 0.717) is 12.5 Å². The molecule has 0 aromatic rings. The van der Waals surface area contributed by atoms with Crippen LogP contribution in [0.5, 0.6) is 0 Å². The number of hydrogen-bond donors (Lipinski definition) is 2. The van der Waals surface area contributed by atoms with E-state index in [-0.39, 0.29) is 11.9 Å². The van der Waals surface area contributed by atoms with Crippen molar-refractivity contribution in [1.82, 2.24) is 10.6 Å². The largest absolute Gasteiger partial charge is 0.380 e. The highest BCUT2D eigenvalue weighted by molar-refractivity contribution is 5.76. The van der Waals surface area contributed by atoms with E-state index in [4.69, 9.17) is 4.74 Å². The monoisotopic (exact) mass is 214 g/mol. The van der Waals surface area contributed by atoms with Crippen molar-refractivity contribution >= 4 is 5.91 Å². The number of hydrogen-bond acceptors (Lipinski definition) is 3. The molecule has 2 atom stereocenters. The Hall–Kier alpha value is -0.610. The lowest BCUT2D eigenvalue weighted by Crippen LogP contribution is -2.36. The molecule has 1 saturated heterocycles. The summed E-state index contributed by atoms with van der Waals surface area (Å²) in [5.41, 5.74) is 0. The molecule has 88 valence electrons. The van der Waals surface area contributed by atoms with Gasteiger partial charge in [0.25, 0.3) is 0 Å². The number of carbonyl (C=O) groups excluding carboxylic acids is 1. The van der Waals surface area contributed by atoms with Crippen molar-refractivity contribution in [3.63, 3.8) is 0 Å². The summed E-state index contributed by atoms with van der Waals surface area (Å²) in [4.78, 5) is 11.4. The molecular formula is C11H22N2O2. The van der Waals surface area contributed by atoms with Gasteiger partial charge in [0, 0.05) is 31.7 Å². The zero-order valence-corrected chi connectivity index (χ0v) is 9.71. The SMILES string of the molecule is CCC(C)NC(=O)CCNC1CCOC1. The molecular weight excluding hydrogens is 192 g/mol. The second-order valence-corrected chi connectivity index (χ2v) is 4.14. The first-order valence-electron chi connectivity index (χ1n) is 5.83. The van der Waals surface area contributed by atoms with E-state index >= 15 is 0 Å². The van der Waals surface area contributed by atoms with Gasteiger partial charge in [-0.05, 0) is 19.8 Å². The quantitative estimate of drug-likeness (QED) is 0.683. The van der Waals surface area contributed by atoms with E-state index in [2.05, 4.69) is 17.6 Å². The minimum atomic E-state index is 0.135. The highest BCUT2D eigenvalue weighted by atomic mass is 16.5. The third-order valence-electron chi connectivity index (χ3n) is 2.73. The topological polar surface area (TPSA) is 50.4 Å². The van der Waals surface area contributed by atoms with Gasteiger partial charge >= 0.3 is 0 Å². The van der Waals surface area contributed by atoms with Gasteiger partial charge in [-0.1, -0.05) is 6.92 Å². The molecule has 15 heavy (non-hydrogen) atoms.